The van der Waals surface area contributed by atoms with Crippen molar-refractivity contribution in [1.29, 1.82) is 0 Å². The summed E-state index contributed by atoms with van der Waals surface area (Å²) in [5.74, 6) is -0.173. The molecule has 0 radical (unpaired) electrons. The summed E-state index contributed by atoms with van der Waals surface area (Å²) in [6, 6.07) is -0.0753. The van der Waals surface area contributed by atoms with E-state index in [0.29, 0.717) is 19.6 Å². The highest BCUT2D eigenvalue weighted by atomic mass is 28.4. The Balaban J connectivity index is 2.85. The molecule has 0 N–H and O–H groups in total. The molecule has 1 aliphatic rings. The minimum Gasteiger partial charge on any atom is -0.469 e. The molecule has 6 nitrogen and oxygen atoms in total. The van der Waals surface area contributed by atoms with Crippen molar-refractivity contribution in [2.75, 3.05) is 20.3 Å². The van der Waals surface area contributed by atoms with Gasteiger partial charge in [0.2, 0.25) is 0 Å². The van der Waals surface area contributed by atoms with Crippen molar-refractivity contribution in [3.63, 3.8) is 0 Å². The Morgan fingerprint density at radius 3 is 2.15 bits per heavy atom. The summed E-state index contributed by atoms with van der Waals surface area (Å²) in [4.78, 5) is 26.0. The van der Waals surface area contributed by atoms with Gasteiger partial charge in [0.1, 0.15) is 5.60 Å². The van der Waals surface area contributed by atoms with Gasteiger partial charge in [0.05, 0.1) is 26.2 Å². The van der Waals surface area contributed by atoms with Gasteiger partial charge in [-0.1, -0.05) is 20.8 Å². The van der Waals surface area contributed by atoms with E-state index >= 15 is 0 Å². The fourth-order valence-electron chi connectivity index (χ4n) is 2.70. The van der Waals surface area contributed by atoms with Crippen molar-refractivity contribution in [3.05, 3.63) is 0 Å². The highest BCUT2D eigenvalue weighted by Gasteiger charge is 2.42. The number of rotatable bonds is 5. The third kappa shape index (κ3) is 6.58. The van der Waals surface area contributed by atoms with Crippen molar-refractivity contribution in [1.82, 2.24) is 4.90 Å². The first-order valence-corrected chi connectivity index (χ1v) is 12.3. The second kappa shape index (κ2) is 8.29. The fraction of sp³-hybridized carbons (Fsp3) is 0.895. The van der Waals surface area contributed by atoms with E-state index in [1.54, 1.807) is 4.90 Å². The monoisotopic (exact) mass is 387 g/mol. The van der Waals surface area contributed by atoms with Crippen LogP contribution in [-0.4, -0.2) is 57.2 Å². The van der Waals surface area contributed by atoms with Crippen LogP contribution < -0.4 is 0 Å². The topological polar surface area (TPSA) is 65.1 Å². The molecule has 0 unspecified atom stereocenters. The number of hydrogen-bond donors (Lipinski definition) is 0. The van der Waals surface area contributed by atoms with E-state index in [2.05, 4.69) is 33.9 Å². The number of carbonyl (C=O) groups excluding carboxylic acids is 2. The quantitative estimate of drug-likeness (QED) is 0.522. The van der Waals surface area contributed by atoms with Crippen LogP contribution in [0.15, 0.2) is 0 Å². The number of nitrogens with zero attached hydrogens (tertiary/aromatic N) is 1. The normalized spacial score (nSPS) is 21.7. The molecule has 0 aromatic carbocycles. The largest absolute Gasteiger partial charge is 0.469 e. The van der Waals surface area contributed by atoms with Crippen LogP contribution in [0.3, 0.4) is 0 Å². The summed E-state index contributed by atoms with van der Waals surface area (Å²) < 4.78 is 16.7. The van der Waals surface area contributed by atoms with E-state index in [9.17, 15) is 9.59 Å². The number of carbonyl (C=O) groups is 2. The standard InChI is InChI=1S/C19H37NO5Si/c1-18(2,3)25-17(22)20-12-14(11-16(21)23-7)10-15(20)13-24-26(8,9)19(4,5)6/h14-15H,10-13H2,1-9H3/t14-,15+/m1/s1. The third-order valence-electron chi connectivity index (χ3n) is 5.25. The lowest BCUT2D eigenvalue weighted by atomic mass is 10.0. The van der Waals surface area contributed by atoms with Gasteiger partial charge in [-0.05, 0) is 51.2 Å². The second-order valence-corrected chi connectivity index (χ2v) is 14.5. The molecule has 2 atom stereocenters. The minimum absolute atomic E-state index is 0.0722. The molecule has 0 aromatic rings. The highest BCUT2D eigenvalue weighted by Crippen LogP contribution is 2.37. The number of esters is 1. The molecular weight excluding hydrogens is 350 g/mol. The number of ether oxygens (including phenoxy) is 2. The summed E-state index contributed by atoms with van der Waals surface area (Å²) >= 11 is 0. The maximum absolute atomic E-state index is 12.6. The van der Waals surface area contributed by atoms with Gasteiger partial charge in [-0.25, -0.2) is 4.79 Å². The second-order valence-electron chi connectivity index (χ2n) is 9.74. The zero-order valence-electron chi connectivity index (χ0n) is 18.0. The lowest BCUT2D eigenvalue weighted by molar-refractivity contribution is -0.141. The molecule has 152 valence electrons. The summed E-state index contributed by atoms with van der Waals surface area (Å²) in [5.41, 5.74) is -0.553. The molecule has 0 spiro atoms. The van der Waals surface area contributed by atoms with E-state index < -0.39 is 13.9 Å². The molecule has 1 amide bonds. The number of methoxy groups -OCH3 is 1. The first-order chi connectivity index (χ1) is 11.7. The lowest BCUT2D eigenvalue weighted by Crippen LogP contribution is -2.46. The Hall–Kier alpha value is -1.08. The van der Waals surface area contributed by atoms with E-state index in [1.165, 1.54) is 7.11 Å². The first kappa shape index (κ1) is 23.0. The molecule has 0 saturated carbocycles. The van der Waals surface area contributed by atoms with Crippen LogP contribution in [0, 0.1) is 5.92 Å². The number of amides is 1. The Bertz CT molecular complexity index is 507. The number of hydrogen-bond acceptors (Lipinski definition) is 5. The maximum atomic E-state index is 12.6. The molecule has 0 bridgehead atoms. The van der Waals surface area contributed by atoms with E-state index in [0.717, 1.165) is 6.42 Å². The highest BCUT2D eigenvalue weighted by molar-refractivity contribution is 6.74. The van der Waals surface area contributed by atoms with Crippen molar-refractivity contribution < 1.29 is 23.5 Å². The predicted molar refractivity (Wildman–Crippen MR) is 105 cm³/mol. The van der Waals surface area contributed by atoms with Crippen LogP contribution in [0.2, 0.25) is 18.1 Å². The van der Waals surface area contributed by atoms with Crippen molar-refractivity contribution in [2.45, 2.75) is 84.2 Å². The Morgan fingerprint density at radius 2 is 1.69 bits per heavy atom. The summed E-state index contributed by atoms with van der Waals surface area (Å²) in [5, 5.41) is 0.105. The van der Waals surface area contributed by atoms with Gasteiger partial charge < -0.3 is 18.8 Å². The molecular formula is C19H37NO5Si. The van der Waals surface area contributed by atoms with Crippen LogP contribution >= 0.6 is 0 Å². The Kier molecular flexibility index (Phi) is 7.32. The molecule has 1 aliphatic heterocycles. The molecule has 0 aromatic heterocycles. The first-order valence-electron chi connectivity index (χ1n) is 9.36. The zero-order valence-corrected chi connectivity index (χ0v) is 19.0. The fourth-order valence-corrected chi connectivity index (χ4v) is 3.75. The van der Waals surface area contributed by atoms with Gasteiger partial charge >= 0.3 is 12.1 Å². The maximum Gasteiger partial charge on any atom is 0.410 e. The van der Waals surface area contributed by atoms with Gasteiger partial charge in [0.15, 0.2) is 8.32 Å². The molecule has 26 heavy (non-hydrogen) atoms. The average Bonchev–Trinajstić information content (AvgIpc) is 2.85. The predicted octanol–water partition coefficient (Wildman–Crippen LogP) is 4.20. The summed E-state index contributed by atoms with van der Waals surface area (Å²) in [7, 11) is -0.525. The summed E-state index contributed by atoms with van der Waals surface area (Å²) in [6.07, 6.45) is 0.698. The van der Waals surface area contributed by atoms with E-state index in [4.69, 9.17) is 13.9 Å². The molecule has 7 heteroatoms. The van der Waals surface area contributed by atoms with Crippen molar-refractivity contribution >= 4 is 20.4 Å². The van der Waals surface area contributed by atoms with Crippen LogP contribution in [0.5, 0.6) is 0 Å². The lowest BCUT2D eigenvalue weighted by Gasteiger charge is -2.38. The van der Waals surface area contributed by atoms with Gasteiger partial charge in [-0.15, -0.1) is 0 Å². The summed E-state index contributed by atoms with van der Waals surface area (Å²) in [6.45, 7) is 17.5. The van der Waals surface area contributed by atoms with E-state index in [1.807, 2.05) is 20.8 Å². The molecule has 0 aliphatic carbocycles. The minimum atomic E-state index is -1.91. The average molecular weight is 388 g/mol. The Labute approximate surface area is 159 Å². The van der Waals surface area contributed by atoms with Gasteiger partial charge in [-0.2, -0.15) is 0 Å². The van der Waals surface area contributed by atoms with Crippen LogP contribution in [0.4, 0.5) is 4.79 Å². The SMILES string of the molecule is COC(=O)C[C@H]1C[C@@H](CO[Si](C)(C)C(C)(C)C)N(C(=O)OC(C)(C)C)C1. The number of likely N-dealkylation sites (tertiary alicyclic amines) is 1. The van der Waals surface area contributed by atoms with Crippen LogP contribution in [0.1, 0.15) is 54.4 Å². The van der Waals surface area contributed by atoms with Crippen molar-refractivity contribution in [2.24, 2.45) is 5.92 Å². The zero-order chi connectivity index (χ0) is 20.3. The Morgan fingerprint density at radius 1 is 1.12 bits per heavy atom. The third-order valence-corrected chi connectivity index (χ3v) is 9.76. The van der Waals surface area contributed by atoms with Gasteiger partial charge in [0, 0.05) is 6.54 Å². The molecule has 1 rings (SSSR count). The smallest absolute Gasteiger partial charge is 0.410 e. The molecule has 1 fully saturated rings. The van der Waals surface area contributed by atoms with E-state index in [-0.39, 0.29) is 29.1 Å². The molecule has 1 saturated heterocycles. The van der Waals surface area contributed by atoms with Crippen LogP contribution in [-0.2, 0) is 18.7 Å². The molecule has 1 heterocycles. The van der Waals surface area contributed by atoms with Gasteiger partial charge in [0.25, 0.3) is 0 Å². The van der Waals surface area contributed by atoms with Crippen LogP contribution in [0.25, 0.3) is 0 Å². The van der Waals surface area contributed by atoms with Gasteiger partial charge in [-0.3, -0.25) is 4.79 Å². The van der Waals surface area contributed by atoms with Crippen molar-refractivity contribution in [3.8, 4) is 0 Å².